The van der Waals surface area contributed by atoms with Crippen molar-refractivity contribution in [3.63, 3.8) is 0 Å². The molecule has 1 N–H and O–H groups in total. The molecule has 0 radical (unpaired) electrons. The van der Waals surface area contributed by atoms with Crippen molar-refractivity contribution in [1.82, 2.24) is 9.97 Å². The number of aromatic nitrogens is 2. The molecular formula is C24H18FN3O. The van der Waals surface area contributed by atoms with Crippen LogP contribution in [0.15, 0.2) is 72.9 Å². The van der Waals surface area contributed by atoms with Crippen molar-refractivity contribution in [3.8, 4) is 28.4 Å². The number of H-pyrrole nitrogens is 1. The fraction of sp³-hybridized carbons (Fsp3) is 0.0833. The zero-order chi connectivity index (χ0) is 20.2. The molecule has 0 fully saturated rings. The van der Waals surface area contributed by atoms with Crippen LogP contribution in [0.3, 0.4) is 0 Å². The highest BCUT2D eigenvalue weighted by atomic mass is 19.1. The Morgan fingerprint density at radius 3 is 2.41 bits per heavy atom. The smallest absolute Gasteiger partial charge is 0.187 e. The van der Waals surface area contributed by atoms with Crippen molar-refractivity contribution < 1.29 is 9.13 Å². The summed E-state index contributed by atoms with van der Waals surface area (Å²) >= 11 is 0. The molecule has 0 aliphatic carbocycles. The largest absolute Gasteiger partial charge is 0.489 e. The summed E-state index contributed by atoms with van der Waals surface area (Å²) in [4.78, 5) is 11.2. The molecule has 0 aliphatic heterocycles. The molecule has 4 aromatic rings. The molecule has 5 heteroatoms. The maximum Gasteiger partial charge on any atom is 0.187 e. The van der Waals surface area contributed by atoms with E-state index in [1.165, 1.54) is 12.1 Å². The topological polar surface area (TPSA) is 42.3 Å². The van der Waals surface area contributed by atoms with Gasteiger partial charge >= 0.3 is 0 Å². The number of hydrogen-bond donors (Lipinski definition) is 1. The molecule has 1 aromatic heterocycles. The van der Waals surface area contributed by atoms with E-state index >= 15 is 0 Å². The Hall–Kier alpha value is -3.91. The number of ether oxygens (including phenoxy) is 1. The van der Waals surface area contributed by atoms with Gasteiger partial charge in [0.05, 0.1) is 12.3 Å². The minimum Gasteiger partial charge on any atom is -0.489 e. The third kappa shape index (κ3) is 4.17. The molecule has 4 nitrogen and oxygen atoms in total. The average molecular weight is 383 g/mol. The van der Waals surface area contributed by atoms with Gasteiger partial charge in [0.15, 0.2) is 5.69 Å². The van der Waals surface area contributed by atoms with Gasteiger partial charge in [-0.2, -0.15) is 0 Å². The Labute approximate surface area is 168 Å². The maximum atomic E-state index is 13.1. The number of aromatic amines is 1. The Kier molecular flexibility index (Phi) is 5.08. The van der Waals surface area contributed by atoms with Gasteiger partial charge in [0.2, 0.25) is 0 Å². The first-order chi connectivity index (χ1) is 14.1. The van der Waals surface area contributed by atoms with Crippen molar-refractivity contribution in [2.24, 2.45) is 0 Å². The summed E-state index contributed by atoms with van der Waals surface area (Å²) in [5, 5.41) is 0. The third-order valence-corrected chi connectivity index (χ3v) is 4.63. The summed E-state index contributed by atoms with van der Waals surface area (Å²) in [7, 11) is 0. The van der Waals surface area contributed by atoms with Crippen LogP contribution >= 0.6 is 0 Å². The van der Waals surface area contributed by atoms with Gasteiger partial charge in [-0.15, -0.1) is 0 Å². The predicted molar refractivity (Wildman–Crippen MR) is 111 cm³/mol. The molecule has 0 amide bonds. The van der Waals surface area contributed by atoms with Crippen molar-refractivity contribution in [1.29, 1.82) is 0 Å². The summed E-state index contributed by atoms with van der Waals surface area (Å²) < 4.78 is 19.0. The minimum absolute atomic E-state index is 0.269. The van der Waals surface area contributed by atoms with Crippen LogP contribution in [-0.2, 0) is 6.61 Å². The van der Waals surface area contributed by atoms with Gasteiger partial charge in [0.25, 0.3) is 0 Å². The van der Waals surface area contributed by atoms with E-state index in [2.05, 4.69) is 14.8 Å². The third-order valence-electron chi connectivity index (χ3n) is 4.63. The molecule has 1 heterocycles. The number of aryl methyl sites for hydroxylation is 1. The van der Waals surface area contributed by atoms with E-state index in [4.69, 9.17) is 11.3 Å². The summed E-state index contributed by atoms with van der Waals surface area (Å²) in [5.74, 6) is 1.23. The normalized spacial score (nSPS) is 10.5. The molecule has 0 saturated carbocycles. The van der Waals surface area contributed by atoms with E-state index in [0.29, 0.717) is 18.1 Å². The number of nitrogens with one attached hydrogen (secondary N) is 1. The molecule has 4 rings (SSSR count). The summed E-state index contributed by atoms with van der Waals surface area (Å²) in [5.41, 5.74) is 5.25. The number of benzene rings is 3. The lowest BCUT2D eigenvalue weighted by molar-refractivity contribution is 0.304. The monoisotopic (exact) mass is 383 g/mol. The lowest BCUT2D eigenvalue weighted by Crippen LogP contribution is -1.97. The fourth-order valence-corrected chi connectivity index (χ4v) is 3.02. The van der Waals surface area contributed by atoms with E-state index in [1.54, 1.807) is 24.3 Å². The van der Waals surface area contributed by atoms with Crippen LogP contribution in [0.2, 0.25) is 0 Å². The van der Waals surface area contributed by atoms with E-state index in [9.17, 15) is 4.39 Å². The van der Waals surface area contributed by atoms with Gasteiger partial charge in [0.1, 0.15) is 24.0 Å². The molecule has 0 aliphatic rings. The van der Waals surface area contributed by atoms with Gasteiger partial charge < -0.3 is 9.72 Å². The van der Waals surface area contributed by atoms with Crippen molar-refractivity contribution in [2.75, 3.05) is 0 Å². The highest BCUT2D eigenvalue weighted by molar-refractivity contribution is 5.66. The molecule has 0 saturated heterocycles. The molecule has 142 valence electrons. The molecule has 29 heavy (non-hydrogen) atoms. The zero-order valence-corrected chi connectivity index (χ0v) is 15.8. The van der Waals surface area contributed by atoms with Gasteiger partial charge in [-0.3, -0.25) is 0 Å². The lowest BCUT2D eigenvalue weighted by atomic mass is 10.1. The second-order valence-electron chi connectivity index (χ2n) is 6.69. The Balaban J connectivity index is 1.48. The molecular weight excluding hydrogens is 365 g/mol. The molecule has 0 atom stereocenters. The SMILES string of the molecule is [C-]#[N+]c1ccc(COc2ccc(-c3c[nH]c(-c4ccc(F)cc4)n3)cc2C)cc1. The Bertz CT molecular complexity index is 1170. The number of imidazole rings is 1. The van der Waals surface area contributed by atoms with Crippen LogP contribution in [0.1, 0.15) is 11.1 Å². The highest BCUT2D eigenvalue weighted by Gasteiger charge is 2.09. The molecule has 0 spiro atoms. The minimum atomic E-state index is -0.269. The second kappa shape index (κ2) is 7.99. The van der Waals surface area contributed by atoms with Crippen LogP contribution in [0.4, 0.5) is 10.1 Å². The fourth-order valence-electron chi connectivity index (χ4n) is 3.02. The summed E-state index contributed by atoms with van der Waals surface area (Å²) in [6.07, 6.45) is 1.84. The number of rotatable bonds is 5. The molecule has 0 unspecified atom stereocenters. The van der Waals surface area contributed by atoms with E-state index in [1.807, 2.05) is 43.5 Å². The summed E-state index contributed by atoms with van der Waals surface area (Å²) in [6, 6.07) is 19.6. The van der Waals surface area contributed by atoms with Gasteiger partial charge in [-0.1, -0.05) is 24.3 Å². The number of nitrogens with zero attached hydrogens (tertiary/aromatic N) is 2. The second-order valence-corrected chi connectivity index (χ2v) is 6.69. The van der Waals surface area contributed by atoms with Crippen molar-refractivity contribution >= 4 is 5.69 Å². The maximum absolute atomic E-state index is 13.1. The van der Waals surface area contributed by atoms with Gasteiger partial charge in [-0.25, -0.2) is 14.2 Å². The first-order valence-corrected chi connectivity index (χ1v) is 9.14. The Morgan fingerprint density at radius 1 is 1.00 bits per heavy atom. The van der Waals surface area contributed by atoms with Crippen LogP contribution in [-0.4, -0.2) is 9.97 Å². The Morgan fingerprint density at radius 2 is 1.72 bits per heavy atom. The van der Waals surface area contributed by atoms with E-state index in [0.717, 1.165) is 33.7 Å². The van der Waals surface area contributed by atoms with Crippen LogP contribution in [0.5, 0.6) is 5.75 Å². The first-order valence-electron chi connectivity index (χ1n) is 9.14. The van der Waals surface area contributed by atoms with Crippen molar-refractivity contribution in [2.45, 2.75) is 13.5 Å². The van der Waals surface area contributed by atoms with E-state index < -0.39 is 0 Å². The van der Waals surface area contributed by atoms with Gasteiger partial charge in [0, 0.05) is 17.3 Å². The molecule has 0 bridgehead atoms. The average Bonchev–Trinajstić information content (AvgIpc) is 3.24. The van der Waals surface area contributed by atoms with Crippen LogP contribution < -0.4 is 4.74 Å². The van der Waals surface area contributed by atoms with Crippen molar-refractivity contribution in [3.05, 3.63) is 101 Å². The molecule has 3 aromatic carbocycles. The lowest BCUT2D eigenvalue weighted by Gasteiger charge is -2.10. The predicted octanol–water partition coefficient (Wildman–Crippen LogP) is 6.32. The highest BCUT2D eigenvalue weighted by Crippen LogP contribution is 2.28. The first kappa shape index (κ1) is 18.5. The summed E-state index contributed by atoms with van der Waals surface area (Å²) in [6.45, 7) is 9.43. The van der Waals surface area contributed by atoms with Gasteiger partial charge in [-0.05, 0) is 60.5 Å². The number of halogens is 1. The quantitative estimate of drug-likeness (QED) is 0.410. The standard InChI is InChI=1S/C24H18FN3O/c1-16-13-19(22-14-27-24(28-22)18-5-8-20(25)9-6-18)7-12-23(16)29-15-17-3-10-21(26-2)11-4-17/h3-14H,15H2,1H3,(H,27,28). The van der Waals surface area contributed by atoms with Crippen LogP contribution in [0, 0.1) is 19.3 Å². The van der Waals surface area contributed by atoms with Crippen LogP contribution in [0.25, 0.3) is 27.5 Å². The van der Waals surface area contributed by atoms with E-state index in [-0.39, 0.29) is 5.82 Å². The zero-order valence-electron chi connectivity index (χ0n) is 15.8. The number of hydrogen-bond acceptors (Lipinski definition) is 2.